The number of methoxy groups -OCH3 is 1. The fourth-order valence-corrected chi connectivity index (χ4v) is 7.04. The molecule has 1 aromatic carbocycles. The van der Waals surface area contributed by atoms with Crippen LogP contribution in [-0.2, 0) is 21.1 Å². The number of rotatable bonds is 6. The van der Waals surface area contributed by atoms with Gasteiger partial charge in [-0.15, -0.1) is 5.10 Å². The van der Waals surface area contributed by atoms with Gasteiger partial charge in [-0.25, -0.2) is 26.7 Å². The van der Waals surface area contributed by atoms with E-state index in [1.54, 1.807) is 48.2 Å². The second-order valence-electron chi connectivity index (χ2n) is 10.1. The SMILES string of the molecule is COc1cc2ncc3c(n2n1)CCCN3c1ccc([C@H](N(C)C(=O)C2CCS(=O)(=O)CC2)C(C)(F)F)cc1. The van der Waals surface area contributed by atoms with E-state index in [9.17, 15) is 22.0 Å². The number of benzene rings is 1. The van der Waals surface area contributed by atoms with Crippen LogP contribution in [0.2, 0.25) is 0 Å². The first-order valence-electron chi connectivity index (χ1n) is 12.6. The maximum absolute atomic E-state index is 14.9. The average molecular weight is 548 g/mol. The van der Waals surface area contributed by atoms with E-state index in [2.05, 4.69) is 15.0 Å². The normalized spacial score (nSPS) is 18.7. The number of hydrogen-bond donors (Lipinski definition) is 0. The number of sulfone groups is 1. The number of ether oxygens (including phenoxy) is 1. The molecule has 4 heterocycles. The third kappa shape index (κ3) is 4.93. The Bertz CT molecular complexity index is 1440. The van der Waals surface area contributed by atoms with Crippen molar-refractivity contribution in [3.8, 4) is 5.88 Å². The molecule has 12 heteroatoms. The summed E-state index contributed by atoms with van der Waals surface area (Å²) in [5.41, 5.74) is 3.70. The van der Waals surface area contributed by atoms with Gasteiger partial charge in [0.25, 0.3) is 5.92 Å². The largest absolute Gasteiger partial charge is 0.480 e. The minimum Gasteiger partial charge on any atom is -0.480 e. The van der Waals surface area contributed by atoms with Crippen molar-refractivity contribution in [2.75, 3.05) is 37.1 Å². The summed E-state index contributed by atoms with van der Waals surface area (Å²) in [5.74, 6) is -3.95. The van der Waals surface area contributed by atoms with Gasteiger partial charge >= 0.3 is 0 Å². The summed E-state index contributed by atoms with van der Waals surface area (Å²) in [6.07, 6.45) is 3.79. The van der Waals surface area contributed by atoms with Gasteiger partial charge in [0.05, 0.1) is 36.2 Å². The van der Waals surface area contributed by atoms with E-state index >= 15 is 0 Å². The molecule has 1 saturated heterocycles. The summed E-state index contributed by atoms with van der Waals surface area (Å²) in [6, 6.07) is 7.11. The van der Waals surface area contributed by atoms with Crippen LogP contribution in [0.25, 0.3) is 5.65 Å². The number of aryl methyl sites for hydroxylation is 1. The average Bonchev–Trinajstić information content (AvgIpc) is 3.32. The molecule has 1 atom stereocenters. The second-order valence-corrected chi connectivity index (χ2v) is 12.4. The molecule has 2 aromatic heterocycles. The Balaban J connectivity index is 1.41. The van der Waals surface area contributed by atoms with Gasteiger partial charge in [-0.2, -0.15) is 0 Å². The van der Waals surface area contributed by atoms with Gasteiger partial charge in [0.1, 0.15) is 15.9 Å². The molecule has 2 aliphatic rings. The van der Waals surface area contributed by atoms with E-state index in [1.807, 2.05) is 0 Å². The maximum Gasteiger partial charge on any atom is 0.269 e. The Labute approximate surface area is 220 Å². The van der Waals surface area contributed by atoms with Crippen LogP contribution < -0.4 is 9.64 Å². The molecule has 5 rings (SSSR count). The number of carbonyl (C=O) groups excluding carboxylic acids is 1. The van der Waals surface area contributed by atoms with Crippen molar-refractivity contribution in [3.63, 3.8) is 0 Å². The number of alkyl halides is 2. The van der Waals surface area contributed by atoms with Gasteiger partial charge in [0.15, 0.2) is 5.65 Å². The van der Waals surface area contributed by atoms with Gasteiger partial charge < -0.3 is 14.5 Å². The van der Waals surface area contributed by atoms with Crippen LogP contribution in [0.15, 0.2) is 36.5 Å². The predicted octanol–water partition coefficient (Wildman–Crippen LogP) is 3.80. The molecule has 204 valence electrons. The van der Waals surface area contributed by atoms with Crippen LogP contribution in [0, 0.1) is 5.92 Å². The Morgan fingerprint density at radius 2 is 1.89 bits per heavy atom. The molecule has 0 bridgehead atoms. The first-order valence-corrected chi connectivity index (χ1v) is 14.4. The molecule has 38 heavy (non-hydrogen) atoms. The maximum atomic E-state index is 14.9. The highest BCUT2D eigenvalue weighted by molar-refractivity contribution is 7.91. The zero-order chi connectivity index (χ0) is 27.2. The molecule has 0 N–H and O–H groups in total. The Kier molecular flexibility index (Phi) is 6.79. The van der Waals surface area contributed by atoms with Crippen molar-refractivity contribution in [3.05, 3.63) is 47.8 Å². The predicted molar refractivity (Wildman–Crippen MR) is 139 cm³/mol. The van der Waals surface area contributed by atoms with Crippen molar-refractivity contribution in [2.24, 2.45) is 5.92 Å². The van der Waals surface area contributed by atoms with E-state index in [-0.39, 0.29) is 24.3 Å². The summed E-state index contributed by atoms with van der Waals surface area (Å²) in [7, 11) is -0.237. The first kappa shape index (κ1) is 26.3. The molecule has 0 radical (unpaired) electrons. The Morgan fingerprint density at radius 1 is 1.21 bits per heavy atom. The molecule has 0 aliphatic carbocycles. The lowest BCUT2D eigenvalue weighted by molar-refractivity contribution is -0.146. The van der Waals surface area contributed by atoms with Crippen LogP contribution in [0.4, 0.5) is 20.2 Å². The molecule has 1 fully saturated rings. The topological polar surface area (TPSA) is 97.1 Å². The fraction of sp³-hybridized carbons (Fsp3) is 0.500. The van der Waals surface area contributed by atoms with Crippen LogP contribution in [0.1, 0.15) is 43.5 Å². The summed E-state index contributed by atoms with van der Waals surface area (Å²) in [5, 5.41) is 4.47. The number of nitrogens with zero attached hydrogens (tertiary/aromatic N) is 5. The third-order valence-electron chi connectivity index (χ3n) is 7.47. The fourth-order valence-electron chi connectivity index (χ4n) is 5.55. The molecule has 3 aromatic rings. The monoisotopic (exact) mass is 547 g/mol. The number of anilines is 2. The zero-order valence-electron chi connectivity index (χ0n) is 21.6. The van der Waals surface area contributed by atoms with E-state index in [1.165, 1.54) is 7.05 Å². The zero-order valence-corrected chi connectivity index (χ0v) is 22.4. The van der Waals surface area contributed by atoms with Gasteiger partial charge in [-0.05, 0) is 43.4 Å². The lowest BCUT2D eigenvalue weighted by Crippen LogP contribution is -2.44. The minimum atomic E-state index is -3.21. The number of halogens is 2. The van der Waals surface area contributed by atoms with Crippen LogP contribution in [0.3, 0.4) is 0 Å². The van der Waals surface area contributed by atoms with Crippen molar-refractivity contribution in [1.29, 1.82) is 0 Å². The molecule has 9 nitrogen and oxygen atoms in total. The summed E-state index contributed by atoms with van der Waals surface area (Å²) < 4.78 is 60.3. The summed E-state index contributed by atoms with van der Waals surface area (Å²) >= 11 is 0. The molecule has 0 saturated carbocycles. The third-order valence-corrected chi connectivity index (χ3v) is 9.19. The lowest BCUT2D eigenvalue weighted by atomic mass is 9.95. The van der Waals surface area contributed by atoms with Gasteiger partial charge in [0, 0.05) is 38.2 Å². The minimum absolute atomic E-state index is 0.0943. The second kappa shape index (κ2) is 9.79. The molecular weight excluding hydrogens is 516 g/mol. The lowest BCUT2D eigenvalue weighted by Gasteiger charge is -2.36. The van der Waals surface area contributed by atoms with E-state index in [4.69, 9.17) is 4.74 Å². The van der Waals surface area contributed by atoms with Gasteiger partial charge in [-0.1, -0.05) is 12.1 Å². The van der Waals surface area contributed by atoms with Crippen LogP contribution in [-0.4, -0.2) is 72.0 Å². The number of hydrogen-bond acceptors (Lipinski definition) is 7. The van der Waals surface area contributed by atoms with Crippen LogP contribution >= 0.6 is 0 Å². The standard InChI is InChI=1S/C26H31F2N5O4S/c1-26(27,28)24(31(2)25(34)18-10-13-38(35,36)14-11-18)17-6-8-19(9-7-17)32-12-4-5-20-21(32)16-29-22-15-23(37-3)30-33(20)22/h6-9,15-16,18,24H,4-5,10-14H2,1-3H3/t24-/m0/s1. The molecule has 0 spiro atoms. The molecule has 1 amide bonds. The van der Waals surface area contributed by atoms with Crippen molar-refractivity contribution in [1.82, 2.24) is 19.5 Å². The van der Waals surface area contributed by atoms with Crippen molar-refractivity contribution >= 4 is 32.8 Å². The highest BCUT2D eigenvalue weighted by atomic mass is 32.2. The number of aromatic nitrogens is 3. The summed E-state index contributed by atoms with van der Waals surface area (Å²) in [6.45, 7) is 1.53. The highest BCUT2D eigenvalue weighted by Gasteiger charge is 2.42. The van der Waals surface area contributed by atoms with E-state index in [0.29, 0.717) is 17.1 Å². The van der Waals surface area contributed by atoms with Gasteiger partial charge in [-0.3, -0.25) is 4.79 Å². The van der Waals surface area contributed by atoms with E-state index < -0.39 is 33.6 Å². The molecule has 2 aliphatic heterocycles. The first-order chi connectivity index (χ1) is 18.0. The number of amides is 1. The number of carbonyl (C=O) groups is 1. The Morgan fingerprint density at radius 3 is 2.53 bits per heavy atom. The van der Waals surface area contributed by atoms with Crippen molar-refractivity contribution in [2.45, 2.75) is 44.6 Å². The Hall–Kier alpha value is -3.28. The molecular formula is C26H31F2N5O4S. The smallest absolute Gasteiger partial charge is 0.269 e. The highest BCUT2D eigenvalue weighted by Crippen LogP contribution is 2.39. The number of fused-ring (bicyclic) bond motifs is 3. The van der Waals surface area contributed by atoms with Crippen molar-refractivity contribution < 1.29 is 26.7 Å². The van der Waals surface area contributed by atoms with E-state index in [0.717, 1.165) is 48.3 Å². The van der Waals surface area contributed by atoms with Gasteiger partial charge in [0.2, 0.25) is 11.8 Å². The van der Waals surface area contributed by atoms with Crippen LogP contribution in [0.5, 0.6) is 5.88 Å². The molecule has 0 unspecified atom stereocenters. The quantitative estimate of drug-likeness (QED) is 0.463. The summed E-state index contributed by atoms with van der Waals surface area (Å²) in [4.78, 5) is 20.8.